The predicted molar refractivity (Wildman–Crippen MR) is 94.5 cm³/mol. The van der Waals surface area contributed by atoms with Crippen molar-refractivity contribution >= 4 is 12.8 Å². The van der Waals surface area contributed by atoms with Crippen LogP contribution in [0.1, 0.15) is 0 Å². The van der Waals surface area contributed by atoms with Crippen LogP contribution in [0.15, 0.2) is 79.9 Å². The summed E-state index contributed by atoms with van der Waals surface area (Å²) in [6, 6.07) is 16.5. The lowest BCUT2D eigenvalue weighted by molar-refractivity contribution is 0.352. The third-order valence-corrected chi connectivity index (χ3v) is 5.09. The van der Waals surface area contributed by atoms with Gasteiger partial charge in [0.1, 0.15) is 11.5 Å². The van der Waals surface area contributed by atoms with E-state index in [2.05, 4.69) is 18.2 Å². The fourth-order valence-electron chi connectivity index (χ4n) is 1.94. The molecule has 2 rings (SSSR count). The minimum atomic E-state index is -3.30. The van der Waals surface area contributed by atoms with E-state index in [4.69, 9.17) is 9.26 Å². The molecule has 0 bridgehead atoms. The second-order valence-corrected chi connectivity index (χ2v) is 6.83. The molecule has 120 valence electrons. The van der Waals surface area contributed by atoms with Crippen molar-refractivity contribution in [1.29, 1.82) is 0 Å². The molecule has 1 unspecified atom stereocenters. The second kappa shape index (κ2) is 8.49. The maximum absolute atomic E-state index is 13.2. The molecular formula is C18H20NO3P. The third-order valence-electron chi connectivity index (χ3n) is 2.97. The number of hydrogen-bond acceptors (Lipinski definition) is 3. The number of para-hydroxylation sites is 2. The summed E-state index contributed by atoms with van der Waals surface area (Å²) in [5.74, 6) is 1.15. The van der Waals surface area contributed by atoms with Crippen LogP contribution in [0, 0.1) is 0 Å². The molecule has 1 atom stereocenters. The van der Waals surface area contributed by atoms with Crippen LogP contribution in [0.5, 0.6) is 11.5 Å². The van der Waals surface area contributed by atoms with E-state index in [1.54, 1.807) is 30.4 Å². The van der Waals surface area contributed by atoms with Gasteiger partial charge in [-0.1, -0.05) is 42.5 Å². The van der Waals surface area contributed by atoms with E-state index in [1.165, 1.54) is 0 Å². The zero-order valence-electron chi connectivity index (χ0n) is 12.9. The van der Waals surface area contributed by atoms with E-state index < -0.39 is 7.52 Å². The number of ether oxygens (including phenoxy) is 1. The first-order chi connectivity index (χ1) is 11.2. The van der Waals surface area contributed by atoms with Crippen LogP contribution in [-0.2, 0) is 9.09 Å². The van der Waals surface area contributed by atoms with E-state index in [1.807, 2.05) is 36.4 Å². The highest BCUT2D eigenvalue weighted by Crippen LogP contribution is 2.44. The summed E-state index contributed by atoms with van der Waals surface area (Å²) in [7, 11) is -3.30. The minimum Gasteiger partial charge on any atom is -0.456 e. The maximum atomic E-state index is 13.2. The molecule has 0 amide bonds. The third kappa shape index (κ3) is 4.67. The lowest BCUT2D eigenvalue weighted by Gasteiger charge is -2.21. The lowest BCUT2D eigenvalue weighted by Crippen LogP contribution is -2.23. The summed E-state index contributed by atoms with van der Waals surface area (Å²) >= 11 is 0. The number of hydrogen-bond donors (Lipinski definition) is 1. The van der Waals surface area contributed by atoms with Gasteiger partial charge in [-0.05, 0) is 24.3 Å². The molecule has 0 saturated carbocycles. The first-order valence-corrected chi connectivity index (χ1v) is 8.86. The van der Waals surface area contributed by atoms with Crippen LogP contribution in [0.4, 0.5) is 0 Å². The quantitative estimate of drug-likeness (QED) is 0.551. The monoisotopic (exact) mass is 329 g/mol. The SMILES string of the molecule is C=CCNP(=O)(OCC=C)c1ccccc1Oc1ccccc1. The van der Waals surface area contributed by atoms with Gasteiger partial charge in [-0.3, -0.25) is 4.57 Å². The van der Waals surface area contributed by atoms with Crippen molar-refractivity contribution in [3.05, 3.63) is 79.9 Å². The smallest absolute Gasteiger partial charge is 0.304 e. The zero-order valence-corrected chi connectivity index (χ0v) is 13.7. The number of benzene rings is 2. The van der Waals surface area contributed by atoms with Crippen LogP contribution in [0.3, 0.4) is 0 Å². The maximum Gasteiger partial charge on any atom is 0.304 e. The topological polar surface area (TPSA) is 47.6 Å². The molecule has 2 aromatic carbocycles. The normalized spacial score (nSPS) is 13.0. The highest BCUT2D eigenvalue weighted by atomic mass is 31.2. The van der Waals surface area contributed by atoms with Gasteiger partial charge in [0.05, 0.1) is 11.9 Å². The predicted octanol–water partition coefficient (Wildman–Crippen LogP) is 4.28. The molecule has 23 heavy (non-hydrogen) atoms. The first kappa shape index (κ1) is 17.2. The standard InChI is InChI=1S/C18H20NO3P/c1-3-14-19-23(20,21-15-4-2)18-13-9-8-12-17(18)22-16-10-6-5-7-11-16/h3-13H,1-2,14-15H2,(H,19,20). The van der Waals surface area contributed by atoms with Gasteiger partial charge < -0.3 is 9.26 Å². The highest BCUT2D eigenvalue weighted by molar-refractivity contribution is 7.65. The molecule has 2 aromatic rings. The Morgan fingerprint density at radius 3 is 2.39 bits per heavy atom. The largest absolute Gasteiger partial charge is 0.456 e. The van der Waals surface area contributed by atoms with Gasteiger partial charge in [-0.15, -0.1) is 13.2 Å². The van der Waals surface area contributed by atoms with E-state index >= 15 is 0 Å². The molecule has 0 aliphatic heterocycles. The van der Waals surface area contributed by atoms with E-state index in [0.29, 0.717) is 23.3 Å². The first-order valence-electron chi connectivity index (χ1n) is 7.23. The molecule has 0 aromatic heterocycles. The lowest BCUT2D eigenvalue weighted by atomic mass is 10.3. The van der Waals surface area contributed by atoms with Crippen molar-refractivity contribution in [1.82, 2.24) is 5.09 Å². The molecular weight excluding hydrogens is 309 g/mol. The molecule has 0 fully saturated rings. The van der Waals surface area contributed by atoms with E-state index in [-0.39, 0.29) is 6.61 Å². The van der Waals surface area contributed by atoms with Crippen molar-refractivity contribution in [2.75, 3.05) is 13.2 Å². The van der Waals surface area contributed by atoms with Crippen LogP contribution in [-0.4, -0.2) is 13.2 Å². The summed E-state index contributed by atoms with van der Waals surface area (Å²) < 4.78 is 24.7. The molecule has 0 spiro atoms. The highest BCUT2D eigenvalue weighted by Gasteiger charge is 2.28. The molecule has 0 aliphatic rings. The van der Waals surface area contributed by atoms with Gasteiger partial charge in [-0.25, -0.2) is 5.09 Å². The number of rotatable bonds is 9. The van der Waals surface area contributed by atoms with Gasteiger partial charge in [-0.2, -0.15) is 0 Å². The van der Waals surface area contributed by atoms with Crippen LogP contribution in [0.25, 0.3) is 0 Å². The van der Waals surface area contributed by atoms with Crippen molar-refractivity contribution in [2.24, 2.45) is 0 Å². The fourth-order valence-corrected chi connectivity index (χ4v) is 3.72. The Kier molecular flexibility index (Phi) is 6.36. The van der Waals surface area contributed by atoms with Gasteiger partial charge in [0.25, 0.3) is 0 Å². The molecule has 0 aliphatic carbocycles. The summed E-state index contributed by atoms with van der Waals surface area (Å²) in [4.78, 5) is 0. The molecule has 5 heteroatoms. The van der Waals surface area contributed by atoms with Gasteiger partial charge in [0.15, 0.2) is 0 Å². The van der Waals surface area contributed by atoms with Crippen molar-refractivity contribution in [2.45, 2.75) is 0 Å². The van der Waals surface area contributed by atoms with Crippen molar-refractivity contribution in [3.8, 4) is 11.5 Å². The average molecular weight is 329 g/mol. The van der Waals surface area contributed by atoms with Crippen molar-refractivity contribution in [3.63, 3.8) is 0 Å². The Morgan fingerprint density at radius 1 is 1.00 bits per heavy atom. The number of nitrogens with one attached hydrogen (secondary N) is 1. The van der Waals surface area contributed by atoms with Crippen LogP contribution < -0.4 is 15.1 Å². The Bertz CT molecular complexity index is 684. The Hall–Kier alpha value is -2.13. The van der Waals surface area contributed by atoms with Gasteiger partial charge in [0.2, 0.25) is 0 Å². The fraction of sp³-hybridized carbons (Fsp3) is 0.111. The summed E-state index contributed by atoms with van der Waals surface area (Å²) in [6.45, 7) is 7.76. The van der Waals surface area contributed by atoms with E-state index in [9.17, 15) is 4.57 Å². The van der Waals surface area contributed by atoms with Gasteiger partial charge >= 0.3 is 7.52 Å². The van der Waals surface area contributed by atoms with Crippen LogP contribution in [0.2, 0.25) is 0 Å². The Labute approximate surface area is 137 Å². The Balaban J connectivity index is 2.36. The van der Waals surface area contributed by atoms with Crippen molar-refractivity contribution < 1.29 is 13.8 Å². The van der Waals surface area contributed by atoms with Gasteiger partial charge in [0, 0.05) is 6.54 Å². The summed E-state index contributed by atoms with van der Waals surface area (Å²) in [5.41, 5.74) is 0. The minimum absolute atomic E-state index is 0.168. The molecule has 4 nitrogen and oxygen atoms in total. The zero-order chi connectivity index (χ0) is 16.5. The molecule has 0 saturated heterocycles. The molecule has 1 N–H and O–H groups in total. The van der Waals surface area contributed by atoms with Crippen LogP contribution >= 0.6 is 7.52 Å². The molecule has 0 heterocycles. The average Bonchev–Trinajstić information content (AvgIpc) is 2.59. The van der Waals surface area contributed by atoms with E-state index in [0.717, 1.165) is 0 Å². The molecule has 0 radical (unpaired) electrons. The second-order valence-electron chi connectivity index (χ2n) is 4.67. The Morgan fingerprint density at radius 2 is 1.70 bits per heavy atom. The summed E-state index contributed by atoms with van der Waals surface area (Å²) in [6.07, 6.45) is 3.19. The summed E-state index contributed by atoms with van der Waals surface area (Å²) in [5, 5.41) is 3.39.